The smallest absolute Gasteiger partial charge is 0.306 e. The molecular formula is C69H130O6. The van der Waals surface area contributed by atoms with Crippen LogP contribution >= 0.6 is 0 Å². The van der Waals surface area contributed by atoms with Gasteiger partial charge in [0.2, 0.25) is 0 Å². The van der Waals surface area contributed by atoms with E-state index in [1.54, 1.807) is 0 Å². The van der Waals surface area contributed by atoms with E-state index in [9.17, 15) is 14.4 Å². The lowest BCUT2D eigenvalue weighted by molar-refractivity contribution is -0.167. The van der Waals surface area contributed by atoms with Gasteiger partial charge in [0.15, 0.2) is 6.10 Å². The van der Waals surface area contributed by atoms with Crippen molar-refractivity contribution in [1.29, 1.82) is 0 Å². The van der Waals surface area contributed by atoms with Gasteiger partial charge in [-0.25, -0.2) is 0 Å². The zero-order valence-corrected chi connectivity index (χ0v) is 50.8. The molecular weight excluding hydrogens is 925 g/mol. The Morgan fingerprint density at radius 1 is 0.267 bits per heavy atom. The lowest BCUT2D eigenvalue weighted by atomic mass is 10.0. The molecule has 442 valence electrons. The molecule has 0 aliphatic rings. The lowest BCUT2D eigenvalue weighted by Crippen LogP contribution is -2.30. The molecule has 6 nitrogen and oxygen atoms in total. The number of carbonyl (C=O) groups is 3. The van der Waals surface area contributed by atoms with Gasteiger partial charge in [-0.05, 0) is 51.4 Å². The standard InChI is InChI=1S/C69H130O6/c1-4-7-10-13-15-17-19-21-23-25-27-28-29-30-31-32-33-34-35-36-37-38-39-40-41-42-44-45-47-49-51-53-56-59-62-68(71)74-65-66(64-73-67(70)61-58-55-12-9-6-3)75-69(72)63-60-57-54-52-50-48-46-43-26-24-22-20-18-16-14-11-8-5-2/h18,20,24,26,66H,4-17,19,21-23,25,27-65H2,1-3H3/b20-18-,26-24-. The number of allylic oxidation sites excluding steroid dienone is 4. The van der Waals surface area contributed by atoms with Crippen molar-refractivity contribution in [1.82, 2.24) is 0 Å². The summed E-state index contributed by atoms with van der Waals surface area (Å²) in [5, 5.41) is 0. The van der Waals surface area contributed by atoms with Crippen LogP contribution in [-0.2, 0) is 28.6 Å². The molecule has 0 aromatic heterocycles. The number of ether oxygens (including phenoxy) is 3. The zero-order chi connectivity index (χ0) is 54.3. The molecule has 0 saturated heterocycles. The van der Waals surface area contributed by atoms with Gasteiger partial charge in [0.1, 0.15) is 13.2 Å². The number of rotatable bonds is 63. The quantitative estimate of drug-likeness (QED) is 0.0261. The molecule has 0 radical (unpaired) electrons. The fourth-order valence-electron chi connectivity index (χ4n) is 10.4. The average molecular weight is 1060 g/mol. The first-order chi connectivity index (χ1) is 37.0. The predicted octanol–water partition coefficient (Wildman–Crippen LogP) is 23.0. The van der Waals surface area contributed by atoms with Gasteiger partial charge in [0.05, 0.1) is 0 Å². The molecule has 0 bridgehead atoms. The van der Waals surface area contributed by atoms with E-state index >= 15 is 0 Å². The maximum absolute atomic E-state index is 12.8. The second-order valence-electron chi connectivity index (χ2n) is 23.1. The van der Waals surface area contributed by atoms with Crippen LogP contribution in [0, 0.1) is 0 Å². The van der Waals surface area contributed by atoms with Crippen LogP contribution in [0.2, 0.25) is 0 Å². The number of esters is 3. The third-order valence-electron chi connectivity index (χ3n) is 15.5. The fourth-order valence-corrected chi connectivity index (χ4v) is 10.4. The van der Waals surface area contributed by atoms with E-state index in [2.05, 4.69) is 45.1 Å². The highest BCUT2D eigenvalue weighted by Crippen LogP contribution is 2.19. The normalized spacial score (nSPS) is 12.1. The first kappa shape index (κ1) is 72.9. The molecule has 1 atom stereocenters. The lowest BCUT2D eigenvalue weighted by Gasteiger charge is -2.18. The summed E-state index contributed by atoms with van der Waals surface area (Å²) < 4.78 is 16.8. The number of hydrogen-bond acceptors (Lipinski definition) is 6. The minimum Gasteiger partial charge on any atom is -0.462 e. The monoisotopic (exact) mass is 1050 g/mol. The molecule has 75 heavy (non-hydrogen) atoms. The van der Waals surface area contributed by atoms with Crippen LogP contribution in [0.4, 0.5) is 0 Å². The zero-order valence-electron chi connectivity index (χ0n) is 50.8. The maximum atomic E-state index is 12.8. The Labute approximate surface area is 468 Å². The van der Waals surface area contributed by atoms with Crippen LogP contribution in [0.1, 0.15) is 380 Å². The van der Waals surface area contributed by atoms with Crippen molar-refractivity contribution < 1.29 is 28.6 Å². The number of carbonyl (C=O) groups excluding carboxylic acids is 3. The van der Waals surface area contributed by atoms with Crippen LogP contribution in [0.3, 0.4) is 0 Å². The molecule has 0 saturated carbocycles. The minimum absolute atomic E-state index is 0.0704. The fraction of sp³-hybridized carbons (Fsp3) is 0.899. The highest BCUT2D eigenvalue weighted by Gasteiger charge is 2.19. The molecule has 0 N–H and O–H groups in total. The highest BCUT2D eigenvalue weighted by atomic mass is 16.6. The molecule has 0 amide bonds. The van der Waals surface area contributed by atoms with E-state index < -0.39 is 6.10 Å². The SMILES string of the molecule is CCCCCC/C=C\C/C=C\CCCCCCCCCC(=O)OC(COC(=O)CCCCCCC)COC(=O)CCCCCCCCCCCCCCCCCCCCCCCCCCCCCCCCCCCC. The van der Waals surface area contributed by atoms with Gasteiger partial charge < -0.3 is 14.2 Å². The summed E-state index contributed by atoms with van der Waals surface area (Å²) in [7, 11) is 0. The van der Waals surface area contributed by atoms with E-state index in [-0.39, 0.29) is 31.1 Å². The van der Waals surface area contributed by atoms with E-state index in [1.807, 2.05) is 0 Å². The average Bonchev–Trinajstić information content (AvgIpc) is 3.41. The molecule has 0 fully saturated rings. The van der Waals surface area contributed by atoms with Gasteiger partial charge in [0, 0.05) is 19.3 Å². The molecule has 0 rings (SSSR count). The predicted molar refractivity (Wildman–Crippen MR) is 326 cm³/mol. The summed E-state index contributed by atoms with van der Waals surface area (Å²) in [6.07, 6.45) is 78.4. The molecule has 1 unspecified atom stereocenters. The summed E-state index contributed by atoms with van der Waals surface area (Å²) in [5.74, 6) is -0.871. The number of unbranched alkanes of at least 4 members (excludes halogenated alkanes) is 48. The molecule has 0 spiro atoms. The van der Waals surface area contributed by atoms with E-state index in [1.165, 1.54) is 263 Å². The van der Waals surface area contributed by atoms with Crippen molar-refractivity contribution in [3.63, 3.8) is 0 Å². The van der Waals surface area contributed by atoms with Crippen LogP contribution in [0.15, 0.2) is 24.3 Å². The second kappa shape index (κ2) is 64.4. The van der Waals surface area contributed by atoms with Gasteiger partial charge >= 0.3 is 17.9 Å². The largest absolute Gasteiger partial charge is 0.462 e. The summed E-state index contributed by atoms with van der Waals surface area (Å²) in [6, 6.07) is 0. The Morgan fingerprint density at radius 3 is 0.747 bits per heavy atom. The third kappa shape index (κ3) is 62.6. The van der Waals surface area contributed by atoms with Crippen LogP contribution in [0.5, 0.6) is 0 Å². The van der Waals surface area contributed by atoms with Crippen molar-refractivity contribution >= 4 is 17.9 Å². The summed E-state index contributed by atoms with van der Waals surface area (Å²) in [5.41, 5.74) is 0. The van der Waals surface area contributed by atoms with Crippen molar-refractivity contribution in [3.05, 3.63) is 24.3 Å². The van der Waals surface area contributed by atoms with Crippen molar-refractivity contribution in [2.45, 2.75) is 386 Å². The summed E-state index contributed by atoms with van der Waals surface area (Å²) >= 11 is 0. The van der Waals surface area contributed by atoms with E-state index in [0.29, 0.717) is 19.3 Å². The summed E-state index contributed by atoms with van der Waals surface area (Å²) in [4.78, 5) is 37.9. The van der Waals surface area contributed by atoms with Crippen LogP contribution in [-0.4, -0.2) is 37.2 Å². The van der Waals surface area contributed by atoms with Crippen LogP contribution < -0.4 is 0 Å². The molecule has 0 aromatic carbocycles. The topological polar surface area (TPSA) is 78.9 Å². The molecule has 0 heterocycles. The maximum Gasteiger partial charge on any atom is 0.306 e. The van der Waals surface area contributed by atoms with Crippen molar-refractivity contribution in [2.75, 3.05) is 13.2 Å². The first-order valence-corrected chi connectivity index (χ1v) is 33.8. The molecule has 0 aliphatic heterocycles. The molecule has 6 heteroatoms. The first-order valence-electron chi connectivity index (χ1n) is 33.8. The Kier molecular flexibility index (Phi) is 62.6. The Hall–Kier alpha value is -2.11. The van der Waals surface area contributed by atoms with Gasteiger partial charge in [-0.15, -0.1) is 0 Å². The van der Waals surface area contributed by atoms with Crippen LogP contribution in [0.25, 0.3) is 0 Å². The van der Waals surface area contributed by atoms with E-state index in [4.69, 9.17) is 14.2 Å². The van der Waals surface area contributed by atoms with Gasteiger partial charge in [-0.3, -0.25) is 14.4 Å². The van der Waals surface area contributed by atoms with Gasteiger partial charge in [-0.1, -0.05) is 334 Å². The van der Waals surface area contributed by atoms with E-state index in [0.717, 1.165) is 77.0 Å². The Bertz CT molecular complexity index is 1210. The Balaban J connectivity index is 3.86. The highest BCUT2D eigenvalue weighted by molar-refractivity contribution is 5.71. The van der Waals surface area contributed by atoms with Crippen molar-refractivity contribution in [3.8, 4) is 0 Å². The van der Waals surface area contributed by atoms with Gasteiger partial charge in [-0.2, -0.15) is 0 Å². The minimum atomic E-state index is -0.769. The van der Waals surface area contributed by atoms with Gasteiger partial charge in [0.25, 0.3) is 0 Å². The molecule has 0 aromatic rings. The Morgan fingerprint density at radius 2 is 0.480 bits per heavy atom. The summed E-state index contributed by atoms with van der Waals surface area (Å²) in [6.45, 7) is 6.59. The number of hydrogen-bond donors (Lipinski definition) is 0. The van der Waals surface area contributed by atoms with Crippen molar-refractivity contribution in [2.24, 2.45) is 0 Å². The third-order valence-corrected chi connectivity index (χ3v) is 15.5. The molecule has 0 aliphatic carbocycles. The second-order valence-corrected chi connectivity index (χ2v) is 23.1.